The van der Waals surface area contributed by atoms with Crippen LogP contribution in [0.25, 0.3) is 0 Å². The summed E-state index contributed by atoms with van der Waals surface area (Å²) in [7, 11) is 0. The Kier molecular flexibility index (Phi) is 3.44. The maximum absolute atomic E-state index is 12.7. The first-order valence-electron chi connectivity index (χ1n) is 7.13. The summed E-state index contributed by atoms with van der Waals surface area (Å²) in [4.78, 5) is 39.2. The largest absolute Gasteiger partial charge is 0.465 e. The third-order valence-electron chi connectivity index (χ3n) is 4.19. The van der Waals surface area contributed by atoms with E-state index in [0.717, 1.165) is 0 Å². The highest BCUT2D eigenvalue weighted by Gasteiger charge is 2.34. The van der Waals surface area contributed by atoms with Crippen LogP contribution in [0.4, 0.5) is 4.79 Å². The van der Waals surface area contributed by atoms with Crippen molar-refractivity contribution < 1.29 is 19.5 Å². The minimum Gasteiger partial charge on any atom is -0.465 e. The minimum atomic E-state index is -0.957. The van der Waals surface area contributed by atoms with E-state index in [1.807, 2.05) is 4.90 Å². The molecule has 114 valence electrons. The predicted molar refractivity (Wildman–Crippen MR) is 79.0 cm³/mol. The van der Waals surface area contributed by atoms with Crippen LogP contribution in [0.3, 0.4) is 0 Å². The highest BCUT2D eigenvalue weighted by molar-refractivity contribution is 6.26. The van der Waals surface area contributed by atoms with Gasteiger partial charge in [-0.05, 0) is 6.92 Å². The summed E-state index contributed by atoms with van der Waals surface area (Å²) in [5.41, 5.74) is 1.72. The van der Waals surface area contributed by atoms with Gasteiger partial charge in [-0.25, -0.2) is 4.79 Å². The number of rotatable bonds is 1. The lowest BCUT2D eigenvalue weighted by molar-refractivity contribution is 0.0892. The van der Waals surface area contributed by atoms with Crippen molar-refractivity contribution in [3.8, 4) is 0 Å². The highest BCUT2D eigenvalue weighted by Crippen LogP contribution is 2.28. The number of piperazine rings is 1. The summed E-state index contributed by atoms with van der Waals surface area (Å²) in [5.74, 6) is -0.290. The standard InChI is InChI=1S/C16H16N2O4/c1-10-13(17-6-8-18(9-7-17)16(21)22)15(20)12-5-3-2-4-11(12)14(10)19/h2-5H,6-9H2,1H3,(H,21,22). The predicted octanol–water partition coefficient (Wildman–Crippen LogP) is 1.64. The van der Waals surface area contributed by atoms with Gasteiger partial charge in [0.25, 0.3) is 0 Å². The first-order chi connectivity index (χ1) is 10.5. The number of carboxylic acid groups (broad SMARTS) is 1. The number of Topliss-reactive ketones (excluding diaryl/α,β-unsaturated/α-hetero) is 2. The molecule has 1 saturated heterocycles. The number of nitrogens with zero attached hydrogens (tertiary/aromatic N) is 2. The molecule has 1 aliphatic carbocycles. The van der Waals surface area contributed by atoms with Crippen LogP contribution in [0.5, 0.6) is 0 Å². The van der Waals surface area contributed by atoms with Gasteiger partial charge in [0.05, 0.1) is 5.70 Å². The summed E-state index contributed by atoms with van der Waals surface area (Å²) in [6.45, 7) is 3.15. The van der Waals surface area contributed by atoms with E-state index < -0.39 is 6.09 Å². The SMILES string of the molecule is CC1=C(N2CCN(C(=O)O)CC2)C(=O)c2ccccc2C1=O. The maximum Gasteiger partial charge on any atom is 0.407 e. The van der Waals surface area contributed by atoms with Crippen molar-refractivity contribution in [3.05, 3.63) is 46.7 Å². The number of carbonyl (C=O) groups is 3. The molecule has 1 heterocycles. The van der Waals surface area contributed by atoms with Gasteiger partial charge in [0.2, 0.25) is 5.78 Å². The number of carbonyl (C=O) groups excluding carboxylic acids is 2. The monoisotopic (exact) mass is 300 g/mol. The third-order valence-corrected chi connectivity index (χ3v) is 4.19. The normalized spacial score (nSPS) is 18.6. The number of ketones is 2. The summed E-state index contributed by atoms with van der Waals surface area (Å²) in [5, 5.41) is 8.99. The number of amides is 1. The van der Waals surface area contributed by atoms with Crippen molar-refractivity contribution in [1.29, 1.82) is 0 Å². The number of hydrogen-bond acceptors (Lipinski definition) is 4. The Morgan fingerprint density at radius 1 is 1.00 bits per heavy atom. The van der Waals surface area contributed by atoms with Crippen LogP contribution in [-0.2, 0) is 0 Å². The molecule has 0 spiro atoms. The van der Waals surface area contributed by atoms with E-state index in [-0.39, 0.29) is 11.6 Å². The molecule has 22 heavy (non-hydrogen) atoms. The molecule has 0 radical (unpaired) electrons. The van der Waals surface area contributed by atoms with E-state index in [1.54, 1.807) is 31.2 Å². The lowest BCUT2D eigenvalue weighted by Gasteiger charge is -2.37. The fourth-order valence-electron chi connectivity index (χ4n) is 2.99. The van der Waals surface area contributed by atoms with Crippen LogP contribution in [0, 0.1) is 0 Å². The second kappa shape index (κ2) is 5.29. The second-order valence-electron chi connectivity index (χ2n) is 5.43. The molecule has 3 rings (SSSR count). The van der Waals surface area contributed by atoms with Crippen molar-refractivity contribution in [2.24, 2.45) is 0 Å². The molecule has 6 nitrogen and oxygen atoms in total. The minimum absolute atomic E-state index is 0.133. The molecule has 1 aromatic carbocycles. The zero-order valence-corrected chi connectivity index (χ0v) is 12.2. The van der Waals surface area contributed by atoms with Gasteiger partial charge in [0, 0.05) is 42.9 Å². The first kappa shape index (κ1) is 14.3. The molecule has 1 N–H and O–H groups in total. The van der Waals surface area contributed by atoms with E-state index >= 15 is 0 Å². The van der Waals surface area contributed by atoms with E-state index in [2.05, 4.69) is 0 Å². The molecule has 0 saturated carbocycles. The molecule has 0 unspecified atom stereocenters. The molecular formula is C16H16N2O4. The van der Waals surface area contributed by atoms with Gasteiger partial charge in [0.15, 0.2) is 5.78 Å². The molecule has 0 atom stereocenters. The van der Waals surface area contributed by atoms with Crippen molar-refractivity contribution in [3.63, 3.8) is 0 Å². The second-order valence-corrected chi connectivity index (χ2v) is 5.43. The van der Waals surface area contributed by atoms with Gasteiger partial charge in [-0.1, -0.05) is 24.3 Å². The number of fused-ring (bicyclic) bond motifs is 1. The number of benzene rings is 1. The molecule has 6 heteroatoms. The van der Waals surface area contributed by atoms with Crippen LogP contribution in [-0.4, -0.2) is 58.7 Å². The average Bonchev–Trinajstić information content (AvgIpc) is 2.53. The van der Waals surface area contributed by atoms with Crippen molar-refractivity contribution in [2.45, 2.75) is 6.92 Å². The summed E-state index contributed by atoms with van der Waals surface area (Å²) in [6.07, 6.45) is -0.957. The lowest BCUT2D eigenvalue weighted by Crippen LogP contribution is -2.49. The van der Waals surface area contributed by atoms with Crippen LogP contribution in [0.2, 0.25) is 0 Å². The molecule has 1 amide bonds. The van der Waals surface area contributed by atoms with Crippen LogP contribution < -0.4 is 0 Å². The van der Waals surface area contributed by atoms with E-state index in [0.29, 0.717) is 48.6 Å². The Bertz CT molecular complexity index is 700. The molecule has 1 aromatic rings. The third kappa shape index (κ3) is 2.16. The molecular weight excluding hydrogens is 284 g/mol. The van der Waals surface area contributed by atoms with Gasteiger partial charge in [-0.3, -0.25) is 9.59 Å². The van der Waals surface area contributed by atoms with Gasteiger partial charge < -0.3 is 14.9 Å². The van der Waals surface area contributed by atoms with Gasteiger partial charge in [-0.2, -0.15) is 0 Å². The van der Waals surface area contributed by atoms with Crippen molar-refractivity contribution in [1.82, 2.24) is 9.80 Å². The molecule has 1 aliphatic heterocycles. The molecule has 0 aromatic heterocycles. The molecule has 0 bridgehead atoms. The Balaban J connectivity index is 1.92. The molecule has 2 aliphatic rings. The zero-order chi connectivity index (χ0) is 15.9. The van der Waals surface area contributed by atoms with Gasteiger partial charge >= 0.3 is 6.09 Å². The fraction of sp³-hybridized carbons (Fsp3) is 0.312. The maximum atomic E-state index is 12.7. The Morgan fingerprint density at radius 3 is 2.09 bits per heavy atom. The quantitative estimate of drug-likeness (QED) is 0.853. The Labute approximate surface area is 127 Å². The van der Waals surface area contributed by atoms with E-state index in [9.17, 15) is 14.4 Å². The highest BCUT2D eigenvalue weighted by atomic mass is 16.4. The average molecular weight is 300 g/mol. The smallest absolute Gasteiger partial charge is 0.407 e. The van der Waals surface area contributed by atoms with E-state index in [4.69, 9.17) is 5.11 Å². The Hall–Kier alpha value is -2.63. The van der Waals surface area contributed by atoms with Crippen molar-refractivity contribution in [2.75, 3.05) is 26.2 Å². The van der Waals surface area contributed by atoms with Crippen LogP contribution in [0.15, 0.2) is 35.5 Å². The van der Waals surface area contributed by atoms with Gasteiger partial charge in [-0.15, -0.1) is 0 Å². The first-order valence-corrected chi connectivity index (χ1v) is 7.13. The van der Waals surface area contributed by atoms with E-state index in [1.165, 1.54) is 4.90 Å². The van der Waals surface area contributed by atoms with Crippen molar-refractivity contribution >= 4 is 17.7 Å². The lowest BCUT2D eigenvalue weighted by atomic mass is 9.87. The Morgan fingerprint density at radius 2 is 1.55 bits per heavy atom. The topological polar surface area (TPSA) is 77.9 Å². The number of hydrogen-bond donors (Lipinski definition) is 1. The van der Waals surface area contributed by atoms with Gasteiger partial charge in [0.1, 0.15) is 0 Å². The van der Waals surface area contributed by atoms with Crippen LogP contribution >= 0.6 is 0 Å². The summed E-state index contributed by atoms with van der Waals surface area (Å²) < 4.78 is 0. The van der Waals surface area contributed by atoms with Crippen LogP contribution in [0.1, 0.15) is 27.6 Å². The number of allylic oxidation sites excluding steroid dienone is 2. The molecule has 1 fully saturated rings. The summed E-state index contributed by atoms with van der Waals surface area (Å²) in [6, 6.07) is 6.81. The zero-order valence-electron chi connectivity index (χ0n) is 12.2. The fourth-order valence-corrected chi connectivity index (χ4v) is 2.99. The summed E-state index contributed by atoms with van der Waals surface area (Å²) >= 11 is 0.